The Balaban J connectivity index is 2.99. The number of rotatable bonds is 17. The zero-order valence-electron chi connectivity index (χ0n) is 25.2. The summed E-state index contributed by atoms with van der Waals surface area (Å²) in [4.78, 5) is 49.5. The van der Waals surface area contributed by atoms with E-state index in [1.54, 1.807) is 32.0 Å². The van der Waals surface area contributed by atoms with Gasteiger partial charge in [0.1, 0.15) is 12.6 Å². The summed E-state index contributed by atoms with van der Waals surface area (Å²) in [6, 6.07) is 4.04. The molecule has 40 heavy (non-hydrogen) atoms. The fraction of sp³-hybridized carbons (Fsp3) is 0.667. The van der Waals surface area contributed by atoms with Crippen molar-refractivity contribution in [1.29, 1.82) is 0 Å². The lowest BCUT2D eigenvalue weighted by atomic mass is 9.98. The van der Waals surface area contributed by atoms with Gasteiger partial charge in [-0.2, -0.15) is 0 Å². The number of hydrogen-bond acceptors (Lipinski definition) is 10. The Bertz CT molecular complexity index is 960. The van der Waals surface area contributed by atoms with Gasteiger partial charge in [-0.3, -0.25) is 14.4 Å². The summed E-state index contributed by atoms with van der Waals surface area (Å²) in [7, 11) is 1.28. The van der Waals surface area contributed by atoms with Crippen LogP contribution in [-0.4, -0.2) is 57.0 Å². The Hall–Kier alpha value is -3.14. The van der Waals surface area contributed by atoms with E-state index in [-0.39, 0.29) is 54.7 Å². The molecule has 0 radical (unpaired) electrons. The van der Waals surface area contributed by atoms with Crippen LogP contribution in [0.2, 0.25) is 0 Å². The molecule has 0 aromatic heterocycles. The number of carbonyl (C=O) groups is 4. The molecule has 0 aliphatic carbocycles. The van der Waals surface area contributed by atoms with Crippen LogP contribution in [0.15, 0.2) is 18.2 Å². The zero-order chi connectivity index (χ0) is 30.2. The second-order valence-corrected chi connectivity index (χ2v) is 10.6. The second kappa shape index (κ2) is 18.3. The first-order chi connectivity index (χ1) is 18.9. The Morgan fingerprint density at radius 2 is 1.35 bits per heavy atom. The molecule has 1 N–H and O–H groups in total. The smallest absolute Gasteiger partial charge is 0.468 e. The van der Waals surface area contributed by atoms with Crippen LogP contribution >= 0.6 is 0 Å². The summed E-state index contributed by atoms with van der Waals surface area (Å²) in [5.41, 5.74) is 0.635. The largest absolute Gasteiger partial charge is 0.508 e. The minimum atomic E-state index is -0.776. The van der Waals surface area contributed by atoms with E-state index in [0.29, 0.717) is 12.2 Å². The van der Waals surface area contributed by atoms with Crippen LogP contribution in [0.4, 0.5) is 4.79 Å². The van der Waals surface area contributed by atoms with E-state index in [1.165, 1.54) is 7.11 Å². The van der Waals surface area contributed by atoms with Crippen LogP contribution in [0, 0.1) is 23.7 Å². The zero-order valence-corrected chi connectivity index (χ0v) is 25.2. The molecule has 1 aromatic carbocycles. The van der Waals surface area contributed by atoms with E-state index in [1.807, 2.05) is 27.7 Å². The lowest BCUT2D eigenvalue weighted by Crippen LogP contribution is -2.41. The van der Waals surface area contributed by atoms with Crippen molar-refractivity contribution in [3.63, 3.8) is 0 Å². The fourth-order valence-corrected chi connectivity index (χ4v) is 3.32. The molecule has 226 valence electrons. The van der Waals surface area contributed by atoms with Gasteiger partial charge in [0.05, 0.1) is 25.6 Å². The molecule has 0 saturated heterocycles. The first kappa shape index (κ1) is 34.9. The number of esters is 3. The predicted molar refractivity (Wildman–Crippen MR) is 150 cm³/mol. The number of methoxy groups -OCH3 is 1. The standard InChI is InChI=1S/C30H47NO9/c1-9-10-11-15-37-30(35)38-16-14-31-24(29(34)36-8)17-23-12-13-25(39-27(32)21(6)19(2)3)26(18-23)40-28(33)22(7)20(4)5/h12-13,18-22,24,31H,9-11,14-17H2,1-8H3/t21?,22?,24-/m0/s1. The SMILES string of the molecule is CCCCCOC(=O)OCCN[C@@H](Cc1ccc(OC(=O)C(C)C(C)C)c(OC(=O)C(C)C(C)C)c1)C(=O)OC. The highest BCUT2D eigenvalue weighted by atomic mass is 16.7. The predicted octanol–water partition coefficient (Wildman–Crippen LogP) is 5.10. The maximum atomic E-state index is 12.7. The molecule has 0 aliphatic rings. The molecular weight excluding hydrogens is 518 g/mol. The molecule has 0 heterocycles. The first-order valence-corrected chi connectivity index (χ1v) is 14.1. The van der Waals surface area contributed by atoms with Gasteiger partial charge in [-0.25, -0.2) is 4.79 Å². The third-order valence-electron chi connectivity index (χ3n) is 6.78. The van der Waals surface area contributed by atoms with Gasteiger partial charge in [-0.1, -0.05) is 67.4 Å². The first-order valence-electron chi connectivity index (χ1n) is 14.1. The molecule has 0 saturated carbocycles. The number of unbranched alkanes of at least 4 members (excludes halogenated alkanes) is 2. The number of benzene rings is 1. The van der Waals surface area contributed by atoms with E-state index in [2.05, 4.69) is 12.2 Å². The van der Waals surface area contributed by atoms with Gasteiger partial charge < -0.3 is 29.0 Å². The van der Waals surface area contributed by atoms with E-state index >= 15 is 0 Å². The summed E-state index contributed by atoms with van der Waals surface area (Å²) in [6.45, 7) is 13.7. The molecule has 2 unspecified atom stereocenters. The third kappa shape index (κ3) is 12.4. The summed E-state index contributed by atoms with van der Waals surface area (Å²) < 4.78 is 26.2. The van der Waals surface area contributed by atoms with E-state index < -0.39 is 30.1 Å². The normalized spacial score (nSPS) is 13.3. The molecule has 0 amide bonds. The second-order valence-electron chi connectivity index (χ2n) is 10.6. The minimum Gasteiger partial charge on any atom is -0.468 e. The van der Waals surface area contributed by atoms with Crippen molar-refractivity contribution in [2.24, 2.45) is 23.7 Å². The number of ether oxygens (including phenoxy) is 5. The molecule has 3 atom stereocenters. The maximum absolute atomic E-state index is 12.7. The van der Waals surface area contributed by atoms with Crippen molar-refractivity contribution in [2.75, 3.05) is 26.9 Å². The van der Waals surface area contributed by atoms with Gasteiger partial charge in [0.2, 0.25) is 0 Å². The summed E-state index contributed by atoms with van der Waals surface area (Å²) >= 11 is 0. The fourth-order valence-electron chi connectivity index (χ4n) is 3.32. The molecule has 0 fully saturated rings. The minimum absolute atomic E-state index is 0.00101. The average molecular weight is 566 g/mol. The summed E-state index contributed by atoms with van der Waals surface area (Å²) in [5, 5.41) is 3.02. The number of hydrogen-bond donors (Lipinski definition) is 1. The van der Waals surface area contributed by atoms with Gasteiger partial charge in [0.15, 0.2) is 11.5 Å². The molecule has 0 bridgehead atoms. The quantitative estimate of drug-likeness (QED) is 0.155. The Morgan fingerprint density at radius 3 is 1.90 bits per heavy atom. The molecule has 10 nitrogen and oxygen atoms in total. The molecule has 1 rings (SSSR count). The van der Waals surface area contributed by atoms with Crippen LogP contribution in [0.1, 0.15) is 73.3 Å². The molecule has 0 spiro atoms. The number of carbonyl (C=O) groups excluding carboxylic acids is 4. The lowest BCUT2D eigenvalue weighted by molar-refractivity contribution is -0.143. The highest BCUT2D eigenvalue weighted by Crippen LogP contribution is 2.31. The Kier molecular flexibility index (Phi) is 15.9. The molecule has 0 aliphatic heterocycles. The van der Waals surface area contributed by atoms with Crippen molar-refractivity contribution in [3.05, 3.63) is 23.8 Å². The van der Waals surface area contributed by atoms with Gasteiger partial charge in [0, 0.05) is 6.54 Å². The van der Waals surface area contributed by atoms with Gasteiger partial charge in [-0.15, -0.1) is 0 Å². The summed E-state index contributed by atoms with van der Waals surface area (Å²) in [6.07, 6.45) is 2.18. The molecule has 10 heteroatoms. The van der Waals surface area contributed by atoms with Gasteiger partial charge >= 0.3 is 24.1 Å². The number of nitrogens with one attached hydrogen (secondary N) is 1. The maximum Gasteiger partial charge on any atom is 0.508 e. The molecule has 1 aromatic rings. The topological polar surface area (TPSA) is 126 Å². The lowest BCUT2D eigenvalue weighted by Gasteiger charge is -2.20. The highest BCUT2D eigenvalue weighted by Gasteiger charge is 2.25. The van der Waals surface area contributed by atoms with E-state index in [0.717, 1.165) is 19.3 Å². The van der Waals surface area contributed by atoms with E-state index in [9.17, 15) is 19.2 Å². The average Bonchev–Trinajstić information content (AvgIpc) is 2.92. The van der Waals surface area contributed by atoms with Crippen LogP contribution in [0.3, 0.4) is 0 Å². The van der Waals surface area contributed by atoms with E-state index in [4.69, 9.17) is 23.7 Å². The summed E-state index contributed by atoms with van der Waals surface area (Å²) in [5.74, 6) is -1.82. The Morgan fingerprint density at radius 1 is 0.775 bits per heavy atom. The van der Waals surface area contributed by atoms with Crippen LogP contribution in [-0.2, 0) is 35.0 Å². The Labute approximate surface area is 238 Å². The van der Waals surface area contributed by atoms with Crippen molar-refractivity contribution in [1.82, 2.24) is 5.32 Å². The third-order valence-corrected chi connectivity index (χ3v) is 6.78. The van der Waals surface area contributed by atoms with Crippen molar-refractivity contribution in [3.8, 4) is 11.5 Å². The van der Waals surface area contributed by atoms with Crippen molar-refractivity contribution in [2.45, 2.75) is 80.2 Å². The van der Waals surface area contributed by atoms with Crippen LogP contribution < -0.4 is 14.8 Å². The molecular formula is C30H47NO9. The van der Waals surface area contributed by atoms with Crippen molar-refractivity contribution < 1.29 is 42.9 Å². The highest BCUT2D eigenvalue weighted by molar-refractivity contribution is 5.79. The van der Waals surface area contributed by atoms with Crippen LogP contribution in [0.25, 0.3) is 0 Å². The van der Waals surface area contributed by atoms with Crippen LogP contribution in [0.5, 0.6) is 11.5 Å². The monoisotopic (exact) mass is 565 g/mol. The van der Waals surface area contributed by atoms with Gasteiger partial charge in [0.25, 0.3) is 0 Å². The van der Waals surface area contributed by atoms with Crippen molar-refractivity contribution >= 4 is 24.1 Å². The van der Waals surface area contributed by atoms with Gasteiger partial charge in [-0.05, 0) is 42.4 Å².